The Kier molecular flexibility index (Phi) is 51.8. The number of ether oxygens (including phenoxy) is 1. The summed E-state index contributed by atoms with van der Waals surface area (Å²) in [6, 6.07) is 32.0. The van der Waals surface area contributed by atoms with Crippen LogP contribution in [0.1, 0.15) is 79.6 Å². The van der Waals surface area contributed by atoms with Crippen molar-refractivity contribution in [2.75, 3.05) is 36.8 Å². The molecular formula is C70H76Cl5N22Na2O18. The molecule has 11 heterocycles. The van der Waals surface area contributed by atoms with E-state index in [1.165, 1.54) is 18.6 Å². The van der Waals surface area contributed by atoms with Crippen molar-refractivity contribution in [3.05, 3.63) is 216 Å². The van der Waals surface area contributed by atoms with Crippen LogP contribution in [0.4, 0.5) is 11.6 Å². The number of cyclic esters (lactones) is 2. The summed E-state index contributed by atoms with van der Waals surface area (Å²) in [5.41, 5.74) is 14.8. The van der Waals surface area contributed by atoms with Gasteiger partial charge in [-0.2, -0.15) is 25.1 Å². The summed E-state index contributed by atoms with van der Waals surface area (Å²) >= 11 is 22.1. The number of pyridine rings is 5. The Labute approximate surface area is 734 Å². The van der Waals surface area contributed by atoms with Crippen LogP contribution in [0.2, 0.25) is 20.5 Å². The first-order valence-electron chi connectivity index (χ1n) is 33.2. The van der Waals surface area contributed by atoms with Gasteiger partial charge in [0.05, 0.1) is 41.5 Å². The molecule has 13 rings (SSSR count). The van der Waals surface area contributed by atoms with Crippen molar-refractivity contribution in [2.45, 2.75) is 78.1 Å². The number of rotatable bonds is 23. The number of H-pyrrole nitrogens is 2. The average Bonchev–Trinajstić information content (AvgIpc) is 1.79. The van der Waals surface area contributed by atoms with Crippen molar-refractivity contribution in [2.24, 2.45) is 17.4 Å². The predicted molar refractivity (Wildman–Crippen MR) is 425 cm³/mol. The molecule has 0 spiro atoms. The number of carbonyl (C=O) groups excluding carboxylic acids is 4. The number of nitrogens with two attached hydrogens (primary N) is 3. The monoisotopic (exact) mass is 1730 g/mol. The molecule has 12 aromatic rings. The van der Waals surface area contributed by atoms with E-state index in [0.29, 0.717) is 116 Å². The number of nitrogens with zero attached hydrogens (tertiary/aromatic N) is 13. The third kappa shape index (κ3) is 39.6. The van der Waals surface area contributed by atoms with Crippen LogP contribution < -0.4 is 79.2 Å². The summed E-state index contributed by atoms with van der Waals surface area (Å²) in [6.07, 6.45) is 10.9. The van der Waals surface area contributed by atoms with Gasteiger partial charge in [0.15, 0.2) is 11.6 Å². The van der Waals surface area contributed by atoms with Crippen molar-refractivity contribution in [1.82, 2.24) is 81.1 Å². The van der Waals surface area contributed by atoms with Gasteiger partial charge in [-0.3, -0.25) is 53.7 Å². The van der Waals surface area contributed by atoms with E-state index in [1.54, 1.807) is 60.9 Å². The molecule has 1 saturated heterocycles. The van der Waals surface area contributed by atoms with E-state index in [4.69, 9.17) is 102 Å². The Balaban J connectivity index is 0.000000705. The molecule has 117 heavy (non-hydrogen) atoms. The first-order chi connectivity index (χ1) is 54.4. The van der Waals surface area contributed by atoms with Crippen molar-refractivity contribution >= 4 is 164 Å². The number of carboxylic acids is 2. The smallest absolute Gasteiger partial charge is 0.662 e. The molecule has 40 nitrogen and oxygen atoms in total. The van der Waals surface area contributed by atoms with Crippen molar-refractivity contribution < 1.29 is 108 Å². The van der Waals surface area contributed by atoms with Gasteiger partial charge in [0.2, 0.25) is 41.1 Å². The van der Waals surface area contributed by atoms with Crippen molar-refractivity contribution in [3.63, 3.8) is 0 Å². The molecule has 611 valence electrons. The second-order valence-corrected chi connectivity index (χ2v) is 23.9. The van der Waals surface area contributed by atoms with E-state index in [-0.39, 0.29) is 157 Å². The van der Waals surface area contributed by atoms with Crippen LogP contribution in [0, 0.1) is 19.3 Å². The largest absolute Gasteiger partial charge is 1.00 e. The number of nitrogens with one attached hydrogen (secondary N) is 6. The number of benzene rings is 2. The minimum atomic E-state index is -0.905. The van der Waals surface area contributed by atoms with E-state index < -0.39 is 23.9 Å². The zero-order valence-electron chi connectivity index (χ0n) is 62.8. The van der Waals surface area contributed by atoms with E-state index in [1.807, 2.05) is 74.5 Å². The summed E-state index contributed by atoms with van der Waals surface area (Å²) in [5, 5.41) is 77.4. The molecule has 0 atom stereocenters. The number of carboxylic acid groups (broad SMARTS) is 2. The maximum Gasteiger partial charge on any atom is 1.00 e. The Morgan fingerprint density at radius 1 is 0.573 bits per heavy atom. The number of carbonyl (C=O) groups is 6. The third-order valence-corrected chi connectivity index (χ3v) is 14.9. The van der Waals surface area contributed by atoms with Crippen LogP contribution in [0.5, 0.6) is 0 Å². The van der Waals surface area contributed by atoms with Gasteiger partial charge in [-0.1, -0.05) is 98.3 Å². The Bertz CT molecular complexity index is 4970. The van der Waals surface area contributed by atoms with Crippen molar-refractivity contribution in [1.29, 1.82) is 5.41 Å². The summed E-state index contributed by atoms with van der Waals surface area (Å²) < 4.78 is 19.2. The molecule has 0 saturated carbocycles. The molecule has 1 amide bonds. The molecule has 0 bridgehead atoms. The number of aliphatic carboxylic acids is 2. The molecule has 47 heteroatoms. The molecule has 1 aliphatic rings. The molecule has 0 unspecified atom stereocenters. The Hall–Kier alpha value is -10.8. The molecular weight excluding hydrogens is 1660 g/mol. The number of esters is 2. The number of hydrogen-bond donors (Lipinski definition) is 12. The number of nitrogen functional groups attached to an aromatic ring is 1. The third-order valence-electron chi connectivity index (χ3n) is 14.0. The topological polar surface area (TPSA) is 647 Å². The molecule has 0 aliphatic carbocycles. The Morgan fingerprint density at radius 3 is 1.29 bits per heavy atom. The van der Waals surface area contributed by atoms with Crippen LogP contribution in [0.25, 0.3) is 55.7 Å². The number of anilines is 2. The number of aromatic nitrogens is 15. The summed E-state index contributed by atoms with van der Waals surface area (Å²) in [6.45, 7) is 6.10. The van der Waals surface area contributed by atoms with Gasteiger partial charge in [0.25, 0.3) is 17.6 Å². The van der Waals surface area contributed by atoms with E-state index in [2.05, 4.69) is 107 Å². The number of amidine groups is 1. The van der Waals surface area contributed by atoms with Crippen LogP contribution in [-0.4, -0.2) is 194 Å². The minimum absolute atomic E-state index is 0. The molecule has 1 fully saturated rings. The van der Waals surface area contributed by atoms with Gasteiger partial charge in [-0.15, -0.1) is 12.4 Å². The fourth-order valence-corrected chi connectivity index (χ4v) is 8.97. The van der Waals surface area contributed by atoms with E-state index >= 15 is 0 Å². The number of aromatic amines is 2. The van der Waals surface area contributed by atoms with Crippen LogP contribution in [-0.2, 0) is 57.7 Å². The number of fused-ring (bicyclic) bond motifs is 2. The molecule has 1 aliphatic heterocycles. The van der Waals surface area contributed by atoms with Crippen LogP contribution >= 0.6 is 58.8 Å². The second-order valence-electron chi connectivity index (χ2n) is 22.3. The zero-order valence-corrected chi connectivity index (χ0v) is 70.6. The standard InChI is InChI=1S/C22H23N7O3.C11H14N4O.C11H11N3O3.C10H8ClN3O3.C6H6ClN3.C5H3Cl2N.C4H4O3.CH2O3.ClH.H3NO.2Na.H2O/c1-14-7-8-15(13-25-14)20-26-19(32-29-20)10-9-18(30)23-11-4-12-24-21-16-5-2-3-6-17(16)22(31)28-27-21;12-6-3-7-13-10-8-4-1-2-5-9(8)11(16)15-14-10;1-7-2-3-8(6-12-7)11-13-9(17-14-11)4-5-10(15)16;11-7-2-1-6(5-12-7)10-13-8(17-14-10)3-4-9(15)16;7-5-2-1-4(3-10-5)6(8)9;6-4-1-2-5(7)8-3-4;5-3-1-2-4(6)7-3;2-1-4-3;;1-2;;;/h2-3,5-8,13H,4,9-12H2,1H3,(H,23,30)(H,24,27)(H,28,31);1-2,4-5H,3,6-7,12H2,(H,13,14)(H,15,16);2-3,6H,4-5H2,1H3,(H,15,16);1-2,5H,3-4H2,(H,15,16);1-3H,(H3,8,9);1-3H;1-2H2;1,3H;1H;2H,1H2;;;1H2/q;;;;;;;;;;;+1;/p-1. The van der Waals surface area contributed by atoms with E-state index in [0.717, 1.165) is 46.3 Å². The van der Waals surface area contributed by atoms with E-state index in [9.17, 15) is 33.6 Å². The SMILES string of the molecule is Cc1ccc(-c2noc(CCC(=O)NCCCNc3n[nH]c(=O)c4ccccc34)n2)cn1.Cc1ccc(-c2noc(CCC(=O)O)n2)cn1.Cl.Clc1ccc(Cl)nc1.N=C(N)c1ccc(Cl)nc1.NCCCNc1n[nH]c(=O)c2ccccc12.NO.O.O=C(O)CCc1nc(-c2ccc(Cl)nc2)no1.O=C1CCC(=O)O1.O=CO[O-].[Na+].[Na]. The number of hydrogen-bond acceptors (Lipinski definition) is 33. The van der Waals surface area contributed by atoms with Gasteiger partial charge >= 0.3 is 53.4 Å². The molecule has 1 radical (unpaired) electrons. The first kappa shape index (κ1) is 104. The average molecular weight is 1740 g/mol. The quantitative estimate of drug-likeness (QED) is 0.00417. The molecule has 10 aromatic heterocycles. The minimum Gasteiger partial charge on any atom is -0.662 e. The number of halogens is 5. The molecule has 17 N–H and O–H groups in total. The van der Waals surface area contributed by atoms with Gasteiger partial charge < -0.3 is 76.8 Å². The summed E-state index contributed by atoms with van der Waals surface area (Å²) in [7, 11) is 0. The first-order valence-corrected chi connectivity index (χ1v) is 34.7. The predicted octanol–water partition coefficient (Wildman–Crippen LogP) is 3.42. The fraction of sp³-hybridized carbons (Fsp3) is 0.229. The molecule has 2 aromatic carbocycles. The van der Waals surface area contributed by atoms with Gasteiger partial charge in [-0.25, -0.2) is 31.0 Å². The number of amides is 1. The van der Waals surface area contributed by atoms with Crippen LogP contribution in [0.15, 0.2) is 163 Å². The zero-order chi connectivity index (χ0) is 82.5. The van der Waals surface area contributed by atoms with Gasteiger partial charge in [0.1, 0.15) is 21.3 Å². The van der Waals surface area contributed by atoms with Gasteiger partial charge in [0, 0.05) is 150 Å². The second kappa shape index (κ2) is 58.1. The van der Waals surface area contributed by atoms with Crippen molar-refractivity contribution in [3.8, 4) is 34.2 Å². The summed E-state index contributed by atoms with van der Waals surface area (Å²) in [4.78, 5) is 120. The van der Waals surface area contributed by atoms with Crippen LogP contribution in [0.3, 0.4) is 0 Å². The fourth-order valence-electron chi connectivity index (χ4n) is 8.52. The van der Waals surface area contributed by atoms with Gasteiger partial charge in [-0.05, 0) is 106 Å². The maximum absolute atomic E-state index is 12.1. The normalized spacial score (nSPS) is 10.3. The summed E-state index contributed by atoms with van der Waals surface area (Å²) in [5.74, 6) is 4.42. The number of aryl methyl sites for hydroxylation is 5. The Morgan fingerprint density at radius 2 is 0.957 bits per heavy atom. The maximum atomic E-state index is 12.1.